The van der Waals surface area contributed by atoms with Crippen LogP contribution in [0.3, 0.4) is 0 Å². The molecule has 0 spiro atoms. The molecule has 9 heteroatoms. The number of nitrogens with one attached hydrogen (secondary N) is 2. The highest BCUT2D eigenvalue weighted by molar-refractivity contribution is 6.33. The van der Waals surface area contributed by atoms with Crippen LogP contribution < -0.4 is 15.4 Å². The molecule has 160 valence electrons. The van der Waals surface area contributed by atoms with Crippen LogP contribution >= 0.6 is 11.6 Å². The van der Waals surface area contributed by atoms with Gasteiger partial charge in [0.15, 0.2) is 5.82 Å². The fourth-order valence-electron chi connectivity index (χ4n) is 3.40. The molecule has 0 bridgehead atoms. The number of hydrogen-bond acceptors (Lipinski definition) is 6. The van der Waals surface area contributed by atoms with Gasteiger partial charge in [-0.3, -0.25) is 9.20 Å². The van der Waals surface area contributed by atoms with Gasteiger partial charge < -0.3 is 15.4 Å². The summed E-state index contributed by atoms with van der Waals surface area (Å²) >= 11 is 6.06. The number of carbonyl (C=O) groups excluding carboxylic acids is 1. The Labute approximate surface area is 184 Å². The summed E-state index contributed by atoms with van der Waals surface area (Å²) in [5.74, 6) is 2.05. The van der Waals surface area contributed by atoms with E-state index >= 15 is 0 Å². The van der Waals surface area contributed by atoms with Crippen LogP contribution in [0.4, 0.5) is 5.82 Å². The number of methoxy groups -OCH3 is 1. The summed E-state index contributed by atoms with van der Waals surface area (Å²) in [6.07, 6.45) is 1.67. The number of aryl methyl sites for hydroxylation is 1. The van der Waals surface area contributed by atoms with Crippen molar-refractivity contribution in [2.75, 3.05) is 25.5 Å². The summed E-state index contributed by atoms with van der Waals surface area (Å²) in [7, 11) is 1.64. The summed E-state index contributed by atoms with van der Waals surface area (Å²) in [6.45, 7) is 3.17. The average molecular weight is 439 g/mol. The first-order valence-corrected chi connectivity index (χ1v) is 10.4. The number of nitrogens with zero attached hydrogens (tertiary/aromatic N) is 4. The van der Waals surface area contributed by atoms with E-state index < -0.39 is 0 Å². The van der Waals surface area contributed by atoms with Crippen molar-refractivity contribution < 1.29 is 9.53 Å². The maximum absolute atomic E-state index is 12.2. The van der Waals surface area contributed by atoms with Gasteiger partial charge in [0.05, 0.1) is 28.7 Å². The lowest BCUT2D eigenvalue weighted by Gasteiger charge is -2.11. The molecule has 0 radical (unpaired) electrons. The predicted molar refractivity (Wildman–Crippen MR) is 121 cm³/mol. The monoisotopic (exact) mass is 438 g/mol. The minimum atomic E-state index is -0.161. The number of unbranched alkanes of at least 4 members (excludes halogenated alkanes) is 1. The molecule has 0 saturated heterocycles. The van der Waals surface area contributed by atoms with Gasteiger partial charge in [0.1, 0.15) is 11.6 Å². The molecular weight excluding hydrogens is 416 g/mol. The van der Waals surface area contributed by atoms with Crippen LogP contribution in [0, 0.1) is 6.92 Å². The smallest absolute Gasteiger partial charge is 0.252 e. The Bertz CT molecular complexity index is 1240. The molecule has 1 amide bonds. The first-order chi connectivity index (χ1) is 15.1. The fourth-order valence-corrected chi connectivity index (χ4v) is 3.62. The Hall–Kier alpha value is -3.39. The molecule has 4 aromatic rings. The zero-order chi connectivity index (χ0) is 21.8. The molecule has 0 fully saturated rings. The van der Waals surface area contributed by atoms with E-state index in [0.29, 0.717) is 35.1 Å². The molecule has 4 rings (SSSR count). The highest BCUT2D eigenvalue weighted by atomic mass is 35.5. The molecule has 2 heterocycles. The summed E-state index contributed by atoms with van der Waals surface area (Å²) in [6, 6.07) is 12.7. The summed E-state index contributed by atoms with van der Waals surface area (Å²) in [4.78, 5) is 16.9. The minimum absolute atomic E-state index is 0.161. The summed E-state index contributed by atoms with van der Waals surface area (Å²) in [5.41, 5.74) is 2.88. The molecule has 2 aromatic heterocycles. The molecule has 0 aliphatic carbocycles. The van der Waals surface area contributed by atoms with E-state index in [1.54, 1.807) is 31.4 Å². The largest absolute Gasteiger partial charge is 0.497 e. The fraction of sp³-hybridized carbons (Fsp3) is 0.273. The van der Waals surface area contributed by atoms with Crippen LogP contribution in [0.15, 0.2) is 42.5 Å². The van der Waals surface area contributed by atoms with Crippen molar-refractivity contribution in [3.8, 4) is 5.75 Å². The molecule has 2 N–H and O–H groups in total. The van der Waals surface area contributed by atoms with E-state index in [1.165, 1.54) is 0 Å². The number of amides is 1. The van der Waals surface area contributed by atoms with E-state index in [2.05, 4.69) is 20.8 Å². The molecule has 0 atom stereocenters. The Morgan fingerprint density at radius 1 is 1.13 bits per heavy atom. The van der Waals surface area contributed by atoms with Crippen LogP contribution in [0.2, 0.25) is 5.02 Å². The van der Waals surface area contributed by atoms with Crippen LogP contribution in [0.25, 0.3) is 16.7 Å². The van der Waals surface area contributed by atoms with Crippen LogP contribution in [-0.2, 0) is 0 Å². The third-order valence-electron chi connectivity index (χ3n) is 4.99. The highest BCUT2D eigenvalue weighted by Crippen LogP contribution is 2.25. The van der Waals surface area contributed by atoms with E-state index in [0.717, 1.165) is 35.4 Å². The lowest BCUT2D eigenvalue weighted by molar-refractivity contribution is 0.0953. The summed E-state index contributed by atoms with van der Waals surface area (Å²) < 4.78 is 7.31. The van der Waals surface area contributed by atoms with Gasteiger partial charge in [0, 0.05) is 19.2 Å². The number of rotatable bonds is 8. The van der Waals surface area contributed by atoms with Gasteiger partial charge in [-0.05, 0) is 44.0 Å². The molecule has 0 unspecified atom stereocenters. The second-order valence-electron chi connectivity index (χ2n) is 7.09. The van der Waals surface area contributed by atoms with Crippen molar-refractivity contribution in [2.45, 2.75) is 19.8 Å². The van der Waals surface area contributed by atoms with Crippen LogP contribution in [0.5, 0.6) is 5.75 Å². The number of aromatic nitrogens is 4. The maximum Gasteiger partial charge on any atom is 0.252 e. The van der Waals surface area contributed by atoms with Gasteiger partial charge in [0.25, 0.3) is 5.91 Å². The van der Waals surface area contributed by atoms with Crippen molar-refractivity contribution in [3.05, 3.63) is 58.9 Å². The second kappa shape index (κ2) is 9.18. The zero-order valence-corrected chi connectivity index (χ0v) is 18.1. The summed E-state index contributed by atoms with van der Waals surface area (Å²) in [5, 5.41) is 15.2. The lowest BCUT2D eigenvalue weighted by Crippen LogP contribution is -2.25. The molecule has 0 aliphatic rings. The van der Waals surface area contributed by atoms with Crippen molar-refractivity contribution in [2.24, 2.45) is 0 Å². The highest BCUT2D eigenvalue weighted by Gasteiger charge is 2.13. The van der Waals surface area contributed by atoms with Crippen molar-refractivity contribution in [1.29, 1.82) is 0 Å². The van der Waals surface area contributed by atoms with Crippen LogP contribution in [0.1, 0.15) is 29.0 Å². The van der Waals surface area contributed by atoms with Crippen molar-refractivity contribution >= 4 is 40.0 Å². The number of hydrogen-bond donors (Lipinski definition) is 2. The molecule has 8 nitrogen and oxygen atoms in total. The van der Waals surface area contributed by atoms with Gasteiger partial charge >= 0.3 is 0 Å². The SMILES string of the molecule is COc1ccc2nc(NCCCCNC(=O)c3ccccc3Cl)c3nnc(C)n3c2c1. The number of anilines is 1. The Morgan fingerprint density at radius 2 is 1.94 bits per heavy atom. The minimum Gasteiger partial charge on any atom is -0.497 e. The molecular formula is C22H23ClN6O2. The average Bonchev–Trinajstić information content (AvgIpc) is 3.18. The third kappa shape index (κ3) is 4.39. The first kappa shape index (κ1) is 20.9. The number of fused-ring (bicyclic) bond motifs is 3. The molecule has 2 aromatic carbocycles. The predicted octanol–water partition coefficient (Wildman–Crippen LogP) is 3.87. The van der Waals surface area contributed by atoms with Gasteiger partial charge in [-0.2, -0.15) is 0 Å². The number of benzene rings is 2. The maximum atomic E-state index is 12.2. The van der Waals surface area contributed by atoms with Gasteiger partial charge in [-0.1, -0.05) is 23.7 Å². The Kier molecular flexibility index (Phi) is 6.18. The van der Waals surface area contributed by atoms with E-state index in [-0.39, 0.29) is 5.91 Å². The van der Waals surface area contributed by atoms with Crippen molar-refractivity contribution in [3.63, 3.8) is 0 Å². The number of ether oxygens (including phenoxy) is 1. The van der Waals surface area contributed by atoms with Crippen molar-refractivity contribution in [1.82, 2.24) is 24.9 Å². The normalized spacial score (nSPS) is 11.1. The van der Waals surface area contributed by atoms with Gasteiger partial charge in [0.2, 0.25) is 5.65 Å². The quantitative estimate of drug-likeness (QED) is 0.405. The molecule has 0 saturated carbocycles. The molecule has 31 heavy (non-hydrogen) atoms. The molecule has 0 aliphatic heterocycles. The Balaban J connectivity index is 1.37. The second-order valence-corrected chi connectivity index (χ2v) is 7.50. The number of halogens is 1. The van der Waals surface area contributed by atoms with Gasteiger partial charge in [-0.25, -0.2) is 4.98 Å². The van der Waals surface area contributed by atoms with Crippen LogP contribution in [-0.4, -0.2) is 45.7 Å². The topological polar surface area (TPSA) is 93.4 Å². The van der Waals surface area contributed by atoms with E-state index in [4.69, 9.17) is 21.3 Å². The standard InChI is InChI=1S/C22H23ClN6O2/c1-14-27-28-21-20(26-18-10-9-15(31-2)13-19(18)29(14)21)24-11-5-6-12-25-22(30)16-7-3-4-8-17(16)23/h3-4,7-10,13H,5-6,11-12H2,1-2H3,(H,24,26)(H,25,30). The first-order valence-electron chi connectivity index (χ1n) is 10.0. The van der Waals surface area contributed by atoms with E-state index in [1.807, 2.05) is 29.5 Å². The Morgan fingerprint density at radius 3 is 2.74 bits per heavy atom. The lowest BCUT2D eigenvalue weighted by atomic mass is 10.2. The van der Waals surface area contributed by atoms with E-state index in [9.17, 15) is 4.79 Å². The zero-order valence-electron chi connectivity index (χ0n) is 17.4. The van der Waals surface area contributed by atoms with Gasteiger partial charge in [-0.15, -0.1) is 10.2 Å². The number of carbonyl (C=O) groups is 1. The third-order valence-corrected chi connectivity index (χ3v) is 5.32.